The summed E-state index contributed by atoms with van der Waals surface area (Å²) in [6.45, 7) is 1.08. The first-order valence-electron chi connectivity index (χ1n) is 9.46. The molecule has 1 aliphatic carbocycles. The number of hydrogen-bond donors (Lipinski definition) is 2. The number of aliphatic hydroxyl groups is 2. The number of esters is 1. The first kappa shape index (κ1) is 19.6. The van der Waals surface area contributed by atoms with E-state index >= 15 is 0 Å². The fourth-order valence-electron chi connectivity index (χ4n) is 3.48. The Morgan fingerprint density at radius 3 is 2.52 bits per heavy atom. The van der Waals surface area contributed by atoms with Gasteiger partial charge in [-0.3, -0.25) is 4.79 Å². The zero-order valence-electron chi connectivity index (χ0n) is 15.6. The summed E-state index contributed by atoms with van der Waals surface area (Å²) in [5.41, 5.74) is 0.592. The summed E-state index contributed by atoms with van der Waals surface area (Å²) in [6, 6.07) is 4.72. The lowest BCUT2D eigenvalue weighted by Gasteiger charge is -2.35. The predicted octanol–water partition coefficient (Wildman–Crippen LogP) is 1.47. The van der Waals surface area contributed by atoms with Gasteiger partial charge >= 0.3 is 5.97 Å². The van der Waals surface area contributed by atoms with Crippen LogP contribution in [0.3, 0.4) is 0 Å². The molecule has 1 amide bonds. The van der Waals surface area contributed by atoms with Crippen molar-refractivity contribution in [2.24, 2.45) is 11.8 Å². The predicted molar refractivity (Wildman–Crippen MR) is 97.7 cm³/mol. The summed E-state index contributed by atoms with van der Waals surface area (Å²) in [6.07, 6.45) is 3.27. The molecule has 0 radical (unpaired) electrons. The number of aliphatic hydroxyl groups excluding tert-OH is 2. The van der Waals surface area contributed by atoms with E-state index in [1.54, 1.807) is 17.0 Å². The second kappa shape index (κ2) is 8.71. The van der Waals surface area contributed by atoms with E-state index in [0.717, 1.165) is 12.8 Å². The van der Waals surface area contributed by atoms with E-state index in [1.165, 1.54) is 19.6 Å². The zero-order valence-corrected chi connectivity index (χ0v) is 15.6. The van der Waals surface area contributed by atoms with Crippen molar-refractivity contribution in [2.75, 3.05) is 33.4 Å². The number of rotatable bonds is 6. The van der Waals surface area contributed by atoms with Crippen molar-refractivity contribution in [2.45, 2.75) is 31.8 Å². The van der Waals surface area contributed by atoms with E-state index in [1.807, 2.05) is 0 Å². The van der Waals surface area contributed by atoms with Gasteiger partial charge in [-0.1, -0.05) is 6.42 Å². The highest BCUT2D eigenvalue weighted by atomic mass is 16.5. The molecule has 2 atom stereocenters. The molecule has 0 bridgehead atoms. The number of ether oxygens (including phenoxy) is 2. The summed E-state index contributed by atoms with van der Waals surface area (Å²) < 4.78 is 10.6. The summed E-state index contributed by atoms with van der Waals surface area (Å²) in [7, 11) is 1.29. The van der Waals surface area contributed by atoms with Crippen LogP contribution in [0, 0.1) is 11.8 Å². The van der Waals surface area contributed by atoms with Crippen LogP contribution in [0.4, 0.5) is 0 Å². The van der Waals surface area contributed by atoms with Crippen LogP contribution in [-0.2, 0) is 4.74 Å². The lowest BCUT2D eigenvalue weighted by atomic mass is 9.86. The van der Waals surface area contributed by atoms with Crippen LogP contribution in [0.2, 0.25) is 0 Å². The van der Waals surface area contributed by atoms with E-state index in [4.69, 9.17) is 9.47 Å². The Morgan fingerprint density at radius 2 is 1.93 bits per heavy atom. The number of amides is 1. The topological polar surface area (TPSA) is 96.3 Å². The van der Waals surface area contributed by atoms with Gasteiger partial charge < -0.3 is 24.6 Å². The first-order valence-corrected chi connectivity index (χ1v) is 9.46. The minimum absolute atomic E-state index is 0.0970. The van der Waals surface area contributed by atoms with Crippen molar-refractivity contribution >= 4 is 11.9 Å². The Hall–Kier alpha value is -2.12. The molecule has 7 nitrogen and oxygen atoms in total. The van der Waals surface area contributed by atoms with Crippen LogP contribution in [-0.4, -0.2) is 66.5 Å². The summed E-state index contributed by atoms with van der Waals surface area (Å²) in [4.78, 5) is 26.4. The molecule has 0 aromatic heterocycles. The van der Waals surface area contributed by atoms with Crippen molar-refractivity contribution in [3.05, 3.63) is 29.3 Å². The SMILES string of the molecule is COC(=O)c1cc(OCC2CCC2)cc(C(=O)N2CCC(CO)C(O)C2)c1. The van der Waals surface area contributed by atoms with Gasteiger partial charge in [-0.25, -0.2) is 4.79 Å². The molecular weight excluding hydrogens is 350 g/mol. The Balaban J connectivity index is 1.77. The highest BCUT2D eigenvalue weighted by Gasteiger charge is 2.30. The molecule has 1 saturated carbocycles. The molecule has 1 aliphatic heterocycles. The third-order valence-electron chi connectivity index (χ3n) is 5.53. The lowest BCUT2D eigenvalue weighted by molar-refractivity contribution is 0.000856. The molecule has 7 heteroatoms. The van der Waals surface area contributed by atoms with E-state index in [-0.39, 0.29) is 30.5 Å². The molecule has 1 aromatic rings. The van der Waals surface area contributed by atoms with Crippen LogP contribution in [0.25, 0.3) is 0 Å². The summed E-state index contributed by atoms with van der Waals surface area (Å²) in [5, 5.41) is 19.4. The van der Waals surface area contributed by atoms with Crippen molar-refractivity contribution < 1.29 is 29.3 Å². The van der Waals surface area contributed by atoms with Crippen molar-refractivity contribution in [1.82, 2.24) is 4.90 Å². The molecule has 2 unspecified atom stereocenters. The van der Waals surface area contributed by atoms with Gasteiger partial charge in [0.15, 0.2) is 0 Å². The molecule has 1 aromatic carbocycles. The normalized spacial score (nSPS) is 22.9. The largest absolute Gasteiger partial charge is 0.493 e. The highest BCUT2D eigenvalue weighted by Crippen LogP contribution is 2.28. The minimum Gasteiger partial charge on any atom is -0.493 e. The third-order valence-corrected chi connectivity index (χ3v) is 5.53. The zero-order chi connectivity index (χ0) is 19.4. The monoisotopic (exact) mass is 377 g/mol. The number of carbonyl (C=O) groups is 2. The molecule has 148 valence electrons. The van der Waals surface area contributed by atoms with Crippen molar-refractivity contribution in [1.29, 1.82) is 0 Å². The summed E-state index contributed by atoms with van der Waals surface area (Å²) >= 11 is 0. The Labute approximate surface area is 158 Å². The quantitative estimate of drug-likeness (QED) is 0.729. The number of β-amino-alcohol motifs (C(OH)–C–C–N with tert-alkyl or cyclic N) is 1. The van der Waals surface area contributed by atoms with Gasteiger partial charge in [-0.05, 0) is 43.4 Å². The van der Waals surface area contributed by atoms with Crippen molar-refractivity contribution in [3.63, 3.8) is 0 Å². The van der Waals surface area contributed by atoms with E-state index in [2.05, 4.69) is 0 Å². The van der Waals surface area contributed by atoms with Crippen LogP contribution in [0.1, 0.15) is 46.4 Å². The van der Waals surface area contributed by atoms with Gasteiger partial charge in [0.05, 0.1) is 25.4 Å². The standard InChI is InChI=1S/C20H27NO6/c1-26-20(25)16-7-15(8-17(9-16)27-12-13-3-2-4-13)19(24)21-6-5-14(11-22)18(23)10-21/h7-9,13-14,18,22-23H,2-6,10-12H2,1H3. The van der Waals surface area contributed by atoms with Gasteiger partial charge in [0, 0.05) is 31.2 Å². The number of methoxy groups -OCH3 is 1. The second-order valence-electron chi connectivity index (χ2n) is 7.40. The maximum atomic E-state index is 12.9. The fourth-order valence-corrected chi connectivity index (χ4v) is 3.48. The molecule has 0 spiro atoms. The molecule has 2 aliphatic rings. The number of carbonyl (C=O) groups excluding carboxylic acids is 2. The van der Waals surface area contributed by atoms with Crippen molar-refractivity contribution in [3.8, 4) is 5.75 Å². The maximum Gasteiger partial charge on any atom is 0.338 e. The van der Waals surface area contributed by atoms with Crippen LogP contribution in [0.15, 0.2) is 18.2 Å². The third kappa shape index (κ3) is 4.59. The van der Waals surface area contributed by atoms with E-state index < -0.39 is 12.1 Å². The Kier molecular flexibility index (Phi) is 6.34. The lowest BCUT2D eigenvalue weighted by Crippen LogP contribution is -2.47. The van der Waals surface area contributed by atoms with Gasteiger partial charge in [-0.2, -0.15) is 0 Å². The van der Waals surface area contributed by atoms with Crippen LogP contribution < -0.4 is 4.74 Å². The molecule has 1 heterocycles. The smallest absolute Gasteiger partial charge is 0.338 e. The van der Waals surface area contributed by atoms with Gasteiger partial charge in [0.2, 0.25) is 0 Å². The number of hydrogen-bond acceptors (Lipinski definition) is 6. The van der Waals surface area contributed by atoms with Gasteiger partial charge in [-0.15, -0.1) is 0 Å². The average molecular weight is 377 g/mol. The number of piperidine rings is 1. The van der Waals surface area contributed by atoms with E-state index in [9.17, 15) is 19.8 Å². The Morgan fingerprint density at radius 1 is 1.19 bits per heavy atom. The average Bonchev–Trinajstić information content (AvgIpc) is 2.65. The maximum absolute atomic E-state index is 12.9. The molecule has 2 fully saturated rings. The fraction of sp³-hybridized carbons (Fsp3) is 0.600. The van der Waals surface area contributed by atoms with Crippen LogP contribution >= 0.6 is 0 Å². The molecule has 1 saturated heterocycles. The molecular formula is C20H27NO6. The molecule has 3 rings (SSSR count). The number of nitrogens with zero attached hydrogens (tertiary/aromatic N) is 1. The second-order valence-corrected chi connectivity index (χ2v) is 7.40. The molecule has 2 N–H and O–H groups in total. The number of likely N-dealkylation sites (tertiary alicyclic amines) is 1. The van der Waals surface area contributed by atoms with E-state index in [0.29, 0.717) is 36.8 Å². The minimum atomic E-state index is -0.758. The van der Waals surface area contributed by atoms with Gasteiger partial charge in [0.1, 0.15) is 5.75 Å². The highest BCUT2D eigenvalue weighted by molar-refractivity contribution is 5.98. The van der Waals surface area contributed by atoms with Gasteiger partial charge in [0.25, 0.3) is 5.91 Å². The number of benzene rings is 1. The summed E-state index contributed by atoms with van der Waals surface area (Å²) in [5.74, 6) is -0.0174. The Bertz CT molecular complexity index is 687. The first-order chi connectivity index (χ1) is 13.0. The molecule has 27 heavy (non-hydrogen) atoms. The van der Waals surface area contributed by atoms with Crippen LogP contribution in [0.5, 0.6) is 5.75 Å².